The largest absolute Gasteiger partial charge is 0.496 e. The normalized spacial score (nSPS) is 10.9. The first-order valence-electron chi connectivity index (χ1n) is 9.39. The lowest BCUT2D eigenvalue weighted by Gasteiger charge is -2.11. The maximum atomic E-state index is 14.0. The maximum absolute atomic E-state index is 14.0. The average Bonchev–Trinajstić information content (AvgIpc) is 3.21. The molecule has 2 heterocycles. The minimum Gasteiger partial charge on any atom is -0.496 e. The topological polar surface area (TPSA) is 106 Å². The molecule has 0 saturated carbocycles. The van der Waals surface area contributed by atoms with Crippen molar-refractivity contribution in [2.45, 2.75) is 6.42 Å². The van der Waals surface area contributed by atoms with Crippen molar-refractivity contribution in [1.29, 1.82) is 0 Å². The molecule has 0 aliphatic rings. The summed E-state index contributed by atoms with van der Waals surface area (Å²) in [6.07, 6.45) is 1.70. The number of ether oxygens (including phenoxy) is 1. The van der Waals surface area contributed by atoms with E-state index < -0.39 is 17.4 Å². The van der Waals surface area contributed by atoms with Crippen LogP contribution in [-0.4, -0.2) is 33.8 Å². The smallest absolute Gasteiger partial charge is 0.439 e. The summed E-state index contributed by atoms with van der Waals surface area (Å²) in [6, 6.07) is 9.23. The lowest BCUT2D eigenvalue weighted by atomic mass is 10.1. The molecule has 4 aromatic rings. The molecule has 11 heteroatoms. The van der Waals surface area contributed by atoms with Crippen LogP contribution in [0.5, 0.6) is 5.75 Å². The van der Waals surface area contributed by atoms with Gasteiger partial charge in [-0.1, -0.05) is 27.2 Å². The molecule has 0 unspecified atom stereocenters. The van der Waals surface area contributed by atoms with Gasteiger partial charge in [-0.05, 0) is 36.8 Å². The van der Waals surface area contributed by atoms with E-state index in [0.29, 0.717) is 33.0 Å². The van der Waals surface area contributed by atoms with Gasteiger partial charge in [0, 0.05) is 28.3 Å². The Morgan fingerprint density at radius 2 is 1.97 bits per heavy atom. The van der Waals surface area contributed by atoms with Gasteiger partial charge in [0.25, 0.3) is 0 Å². The van der Waals surface area contributed by atoms with Crippen LogP contribution < -0.4 is 15.8 Å². The summed E-state index contributed by atoms with van der Waals surface area (Å²) in [5.41, 5.74) is 1.19. The van der Waals surface area contributed by atoms with Crippen molar-refractivity contribution < 1.29 is 18.0 Å². The standard InChI is InChI=1S/C21H16BrF2N5O3/c1-31-17-8-11(19-28-21(30)32-29-19)2-3-14(17)20-26-7-5-18(27-20)25-6-4-13-15(23)9-12(22)10-16(13)24/h2-3,5,7-10H,4,6H2,1H3,(H,25,26,27)(H,28,29,30). The molecule has 0 radical (unpaired) electrons. The van der Waals surface area contributed by atoms with Crippen LogP contribution in [0.25, 0.3) is 22.8 Å². The third-order valence-electron chi connectivity index (χ3n) is 4.60. The molecular formula is C21H16BrF2N5O3. The quantitative estimate of drug-likeness (QED) is 0.389. The zero-order valence-corrected chi connectivity index (χ0v) is 18.2. The maximum Gasteiger partial charge on any atom is 0.439 e. The molecule has 0 saturated heterocycles. The summed E-state index contributed by atoms with van der Waals surface area (Å²) in [5, 5.41) is 6.71. The fourth-order valence-corrected chi connectivity index (χ4v) is 3.49. The van der Waals surface area contributed by atoms with Crippen LogP contribution in [0, 0.1) is 11.6 Å². The number of benzene rings is 2. The van der Waals surface area contributed by atoms with E-state index in [2.05, 4.69) is 45.9 Å². The van der Waals surface area contributed by atoms with E-state index in [9.17, 15) is 13.6 Å². The Morgan fingerprint density at radius 1 is 1.19 bits per heavy atom. The van der Waals surface area contributed by atoms with Crippen LogP contribution >= 0.6 is 15.9 Å². The number of H-pyrrole nitrogens is 1. The Labute approximate surface area is 188 Å². The van der Waals surface area contributed by atoms with Gasteiger partial charge in [0.15, 0.2) is 11.6 Å². The summed E-state index contributed by atoms with van der Waals surface area (Å²) in [4.78, 5) is 22.4. The number of hydrogen-bond donors (Lipinski definition) is 2. The molecule has 2 aromatic heterocycles. The first-order valence-corrected chi connectivity index (χ1v) is 10.2. The number of aromatic nitrogens is 4. The number of nitrogens with one attached hydrogen (secondary N) is 2. The molecule has 0 aliphatic carbocycles. The summed E-state index contributed by atoms with van der Waals surface area (Å²) in [6.45, 7) is 0.265. The van der Waals surface area contributed by atoms with Crippen molar-refractivity contribution in [1.82, 2.24) is 20.1 Å². The highest BCUT2D eigenvalue weighted by Gasteiger charge is 2.14. The zero-order valence-electron chi connectivity index (χ0n) is 16.7. The molecule has 0 fully saturated rings. The Bertz CT molecular complexity index is 1300. The van der Waals surface area contributed by atoms with Crippen molar-refractivity contribution in [3.63, 3.8) is 0 Å². The lowest BCUT2D eigenvalue weighted by Crippen LogP contribution is -2.09. The van der Waals surface area contributed by atoms with E-state index in [1.54, 1.807) is 30.5 Å². The van der Waals surface area contributed by atoms with E-state index in [1.165, 1.54) is 19.2 Å². The zero-order chi connectivity index (χ0) is 22.7. The van der Waals surface area contributed by atoms with Crippen molar-refractivity contribution >= 4 is 21.7 Å². The summed E-state index contributed by atoms with van der Waals surface area (Å²) in [7, 11) is 1.50. The predicted octanol–water partition coefficient (Wildman–Crippen LogP) is 4.19. The van der Waals surface area contributed by atoms with E-state index >= 15 is 0 Å². The molecule has 4 rings (SSSR count). The predicted molar refractivity (Wildman–Crippen MR) is 116 cm³/mol. The average molecular weight is 504 g/mol. The second kappa shape index (κ2) is 9.27. The Kier molecular flexibility index (Phi) is 6.26. The molecule has 0 amide bonds. The van der Waals surface area contributed by atoms with Crippen LogP contribution in [-0.2, 0) is 6.42 Å². The van der Waals surface area contributed by atoms with Gasteiger partial charge >= 0.3 is 5.76 Å². The molecule has 0 spiro atoms. The van der Waals surface area contributed by atoms with Crippen molar-refractivity contribution in [3.8, 4) is 28.5 Å². The van der Waals surface area contributed by atoms with Gasteiger partial charge in [-0.3, -0.25) is 9.51 Å². The van der Waals surface area contributed by atoms with Crippen molar-refractivity contribution in [2.24, 2.45) is 0 Å². The highest BCUT2D eigenvalue weighted by Crippen LogP contribution is 2.31. The first kappa shape index (κ1) is 21.6. The van der Waals surface area contributed by atoms with Crippen LogP contribution in [0.15, 0.2) is 56.4 Å². The number of rotatable bonds is 7. The number of hydrogen-bond acceptors (Lipinski definition) is 7. The van der Waals surface area contributed by atoms with Crippen LogP contribution in [0.1, 0.15) is 5.56 Å². The summed E-state index contributed by atoms with van der Waals surface area (Å²) >= 11 is 3.07. The SMILES string of the molecule is COc1cc(-c2noc(=O)[nH]2)ccc1-c1nccc(NCCc2c(F)cc(Br)cc2F)n1. The highest BCUT2D eigenvalue weighted by molar-refractivity contribution is 9.10. The molecule has 0 atom stereocenters. The molecule has 32 heavy (non-hydrogen) atoms. The summed E-state index contributed by atoms with van der Waals surface area (Å²) < 4.78 is 38.3. The third kappa shape index (κ3) is 4.67. The number of aromatic amines is 1. The van der Waals surface area contributed by atoms with Gasteiger partial charge in [0.2, 0.25) is 0 Å². The molecular weight excluding hydrogens is 488 g/mol. The molecule has 8 nitrogen and oxygen atoms in total. The Hall–Kier alpha value is -3.60. The van der Waals surface area contributed by atoms with Gasteiger partial charge in [0.05, 0.1) is 12.7 Å². The van der Waals surface area contributed by atoms with E-state index in [1.807, 2.05) is 0 Å². The molecule has 0 aliphatic heterocycles. The highest BCUT2D eigenvalue weighted by atomic mass is 79.9. The first-order chi connectivity index (χ1) is 15.4. The van der Waals surface area contributed by atoms with Crippen molar-refractivity contribution in [3.05, 3.63) is 74.8 Å². The van der Waals surface area contributed by atoms with Gasteiger partial charge < -0.3 is 10.1 Å². The minimum atomic E-state index is -0.659. The minimum absolute atomic E-state index is 0.00173. The van der Waals surface area contributed by atoms with Crippen LogP contribution in [0.3, 0.4) is 0 Å². The van der Waals surface area contributed by atoms with Crippen LogP contribution in [0.2, 0.25) is 0 Å². The molecule has 164 valence electrons. The van der Waals surface area contributed by atoms with E-state index in [-0.39, 0.29) is 24.4 Å². The number of methoxy groups -OCH3 is 1. The number of nitrogens with zero attached hydrogens (tertiary/aromatic N) is 3. The van der Waals surface area contributed by atoms with Crippen molar-refractivity contribution in [2.75, 3.05) is 19.0 Å². The molecule has 2 aromatic carbocycles. The van der Waals surface area contributed by atoms with Gasteiger partial charge in [-0.15, -0.1) is 0 Å². The van der Waals surface area contributed by atoms with Gasteiger partial charge in [-0.25, -0.2) is 23.5 Å². The number of halogens is 3. The Balaban J connectivity index is 1.52. The van der Waals surface area contributed by atoms with Crippen LogP contribution in [0.4, 0.5) is 14.6 Å². The second-order valence-electron chi connectivity index (χ2n) is 6.65. The van der Waals surface area contributed by atoms with E-state index in [4.69, 9.17) is 4.74 Å². The lowest BCUT2D eigenvalue weighted by molar-refractivity contribution is 0.388. The monoisotopic (exact) mass is 503 g/mol. The fourth-order valence-electron chi connectivity index (χ4n) is 3.09. The van der Waals surface area contributed by atoms with Gasteiger partial charge in [0.1, 0.15) is 23.2 Å². The second-order valence-corrected chi connectivity index (χ2v) is 7.56. The Morgan fingerprint density at radius 3 is 2.66 bits per heavy atom. The third-order valence-corrected chi connectivity index (χ3v) is 5.06. The van der Waals surface area contributed by atoms with E-state index in [0.717, 1.165) is 0 Å². The molecule has 0 bridgehead atoms. The van der Waals surface area contributed by atoms with Gasteiger partial charge in [-0.2, -0.15) is 0 Å². The summed E-state index contributed by atoms with van der Waals surface area (Å²) in [5.74, 6) is -0.284. The molecule has 2 N–H and O–H groups in total. The fraction of sp³-hybridized carbons (Fsp3) is 0.143. The number of anilines is 1.